The average molecular weight is 523 g/mol. The minimum Gasteiger partial charge on any atom is -0.457 e. The summed E-state index contributed by atoms with van der Waals surface area (Å²) in [5, 5.41) is 0. The fourth-order valence-corrected chi connectivity index (χ4v) is 4.76. The smallest absolute Gasteiger partial charge is 0.308 e. The van der Waals surface area contributed by atoms with Crippen LogP contribution < -0.4 is 14.2 Å². The molecule has 1 fully saturated rings. The zero-order chi connectivity index (χ0) is 25.9. The molecule has 0 aliphatic carbocycles. The number of esters is 1. The summed E-state index contributed by atoms with van der Waals surface area (Å²) in [5.41, 5.74) is 1.86. The first-order valence-corrected chi connectivity index (χ1v) is 12.2. The Balaban J connectivity index is 1.27. The Hall–Kier alpha value is -3.82. The van der Waals surface area contributed by atoms with E-state index in [0.717, 1.165) is 11.1 Å². The van der Waals surface area contributed by atoms with Gasteiger partial charge < -0.3 is 19.1 Å². The summed E-state index contributed by atoms with van der Waals surface area (Å²) in [6, 6.07) is 17.6. The number of halogens is 2. The molecule has 5 rings (SSSR count). The third kappa shape index (κ3) is 5.63. The zero-order valence-corrected chi connectivity index (χ0v) is 20.8. The van der Waals surface area contributed by atoms with E-state index < -0.39 is 5.97 Å². The van der Waals surface area contributed by atoms with Crippen LogP contribution in [-0.2, 0) is 4.79 Å². The molecule has 0 atom stereocenters. The van der Waals surface area contributed by atoms with Crippen LogP contribution in [0.15, 0.2) is 78.8 Å². The number of rotatable bonds is 5. The number of fused-ring (bicyclic) bond motifs is 1. The fourth-order valence-electron chi connectivity index (χ4n) is 4.49. The van der Waals surface area contributed by atoms with Gasteiger partial charge in [-0.2, -0.15) is 0 Å². The lowest BCUT2D eigenvalue weighted by Crippen LogP contribution is -2.50. The Kier molecular flexibility index (Phi) is 7.16. The second-order valence-electron chi connectivity index (χ2n) is 8.74. The third-order valence-corrected chi connectivity index (χ3v) is 6.70. The highest BCUT2D eigenvalue weighted by Gasteiger charge is 2.30. The van der Waals surface area contributed by atoms with E-state index in [4.69, 9.17) is 26.4 Å². The van der Waals surface area contributed by atoms with Crippen molar-refractivity contribution in [2.24, 2.45) is 0 Å². The molecule has 0 bridgehead atoms. The van der Waals surface area contributed by atoms with Crippen molar-refractivity contribution in [1.29, 1.82) is 0 Å². The molecule has 37 heavy (non-hydrogen) atoms. The lowest BCUT2D eigenvalue weighted by atomic mass is 9.96. The van der Waals surface area contributed by atoms with Crippen molar-refractivity contribution in [3.63, 3.8) is 0 Å². The lowest BCUT2D eigenvalue weighted by molar-refractivity contribution is -0.131. The van der Waals surface area contributed by atoms with Gasteiger partial charge in [0, 0.05) is 39.2 Å². The molecule has 0 saturated carbocycles. The second-order valence-corrected chi connectivity index (χ2v) is 9.12. The minimum atomic E-state index is -0.422. The number of nitrogens with zero attached hydrogens (tertiary/aromatic N) is 2. The Labute approximate surface area is 218 Å². The van der Waals surface area contributed by atoms with Crippen LogP contribution in [0.25, 0.3) is 0 Å². The third-order valence-electron chi connectivity index (χ3n) is 6.24. The van der Waals surface area contributed by atoms with Gasteiger partial charge in [-0.15, -0.1) is 0 Å². The molecule has 0 unspecified atom stereocenters. The van der Waals surface area contributed by atoms with Crippen molar-refractivity contribution in [3.8, 4) is 17.2 Å². The van der Waals surface area contributed by atoms with Gasteiger partial charge in [0.05, 0.1) is 6.04 Å². The van der Waals surface area contributed by atoms with Gasteiger partial charge >= 0.3 is 5.97 Å². The number of benzene rings is 3. The molecule has 0 aromatic heterocycles. The first-order chi connectivity index (χ1) is 17.9. The molecular formula is C28H24F2N2O4S. The van der Waals surface area contributed by atoms with E-state index in [2.05, 4.69) is 4.90 Å². The number of piperazine rings is 1. The van der Waals surface area contributed by atoms with E-state index in [1.807, 2.05) is 4.90 Å². The molecule has 0 spiro atoms. The first kappa shape index (κ1) is 24.9. The quantitative estimate of drug-likeness (QED) is 0.258. The number of carbonyl (C=O) groups excluding carboxylic acids is 1. The van der Waals surface area contributed by atoms with Gasteiger partial charge in [-0.1, -0.05) is 36.5 Å². The van der Waals surface area contributed by atoms with E-state index in [9.17, 15) is 13.6 Å². The van der Waals surface area contributed by atoms with Crippen molar-refractivity contribution >= 4 is 23.2 Å². The largest absolute Gasteiger partial charge is 0.457 e. The van der Waals surface area contributed by atoms with E-state index >= 15 is 0 Å². The topological polar surface area (TPSA) is 51.2 Å². The number of carbonyl (C=O) groups is 1. The van der Waals surface area contributed by atoms with E-state index in [-0.39, 0.29) is 17.7 Å². The second kappa shape index (κ2) is 10.7. The van der Waals surface area contributed by atoms with E-state index in [1.165, 1.54) is 37.5 Å². The van der Waals surface area contributed by atoms with Crippen LogP contribution in [0.5, 0.6) is 17.2 Å². The average Bonchev–Trinajstić information content (AvgIpc) is 2.90. The van der Waals surface area contributed by atoms with Gasteiger partial charge in [0.1, 0.15) is 28.6 Å². The van der Waals surface area contributed by atoms with Gasteiger partial charge in [-0.25, -0.2) is 8.78 Å². The normalized spacial score (nSPS) is 15.4. The van der Waals surface area contributed by atoms with Gasteiger partial charge in [-0.05, 0) is 47.5 Å². The summed E-state index contributed by atoms with van der Waals surface area (Å²) in [4.78, 5) is 16.0. The fraction of sp³-hybridized carbons (Fsp3) is 0.214. The highest BCUT2D eigenvalue weighted by Crippen LogP contribution is 2.37. The molecule has 3 aromatic carbocycles. The molecule has 2 aliphatic heterocycles. The van der Waals surface area contributed by atoms with Gasteiger partial charge in [-0.3, -0.25) is 9.69 Å². The van der Waals surface area contributed by atoms with Crippen LogP contribution in [0.2, 0.25) is 0 Å². The summed E-state index contributed by atoms with van der Waals surface area (Å²) in [6.07, 6.45) is 1.45. The minimum absolute atomic E-state index is 0.149. The maximum Gasteiger partial charge on any atom is 0.308 e. The predicted octanol–water partition coefficient (Wildman–Crippen LogP) is 5.24. The summed E-state index contributed by atoms with van der Waals surface area (Å²) >= 11 is 5.71. The molecule has 1 saturated heterocycles. The summed E-state index contributed by atoms with van der Waals surface area (Å²) in [6.45, 7) is 3.95. The molecule has 2 aliphatic rings. The van der Waals surface area contributed by atoms with Crippen LogP contribution >= 0.6 is 12.2 Å². The van der Waals surface area contributed by atoms with Crippen molar-refractivity contribution in [2.75, 3.05) is 26.2 Å². The van der Waals surface area contributed by atoms with Crippen LogP contribution in [0.3, 0.4) is 0 Å². The van der Waals surface area contributed by atoms with Crippen molar-refractivity contribution in [1.82, 2.24) is 9.80 Å². The molecule has 3 aromatic rings. The summed E-state index contributed by atoms with van der Waals surface area (Å²) in [7, 11) is 0. The van der Waals surface area contributed by atoms with Gasteiger partial charge in [0.15, 0.2) is 17.3 Å². The van der Waals surface area contributed by atoms with Crippen LogP contribution in [0.4, 0.5) is 8.78 Å². The van der Waals surface area contributed by atoms with E-state index in [0.29, 0.717) is 54.2 Å². The highest BCUT2D eigenvalue weighted by atomic mass is 32.1. The summed E-state index contributed by atoms with van der Waals surface area (Å²) < 4.78 is 43.9. The maximum absolute atomic E-state index is 13.6. The Morgan fingerprint density at radius 1 is 0.892 bits per heavy atom. The predicted molar refractivity (Wildman–Crippen MR) is 137 cm³/mol. The molecule has 190 valence electrons. The van der Waals surface area contributed by atoms with Crippen LogP contribution in [0, 0.1) is 11.6 Å². The van der Waals surface area contributed by atoms with Gasteiger partial charge in [0.25, 0.3) is 0 Å². The molecule has 0 radical (unpaired) electrons. The standard InChI is InChI=1S/C28H24F2N2O4S/c1-18(33)35-23-10-11-24-25(16-23)34-17-26(36-24)28(37)32-14-12-31(13-15-32)27(19-2-6-21(29)7-3-19)20-4-8-22(30)9-5-20/h2-11,16-17,27H,12-15H2,1H3. The molecule has 0 N–H and O–H groups in total. The molecule has 0 amide bonds. The zero-order valence-electron chi connectivity index (χ0n) is 20.0. The van der Waals surface area contributed by atoms with Crippen molar-refractivity contribution in [3.05, 3.63) is 102 Å². The maximum atomic E-state index is 13.6. The lowest BCUT2D eigenvalue weighted by Gasteiger charge is -2.41. The molecular weight excluding hydrogens is 498 g/mol. The van der Waals surface area contributed by atoms with Crippen LogP contribution in [0.1, 0.15) is 24.1 Å². The monoisotopic (exact) mass is 522 g/mol. The SMILES string of the molecule is CC(=O)Oc1ccc2c(c1)OC=C(C(=S)N1CCN(C(c3ccc(F)cc3)c3ccc(F)cc3)CC1)O2. The van der Waals surface area contributed by atoms with Gasteiger partial charge in [0.2, 0.25) is 0 Å². The van der Waals surface area contributed by atoms with Crippen molar-refractivity contribution < 1.29 is 27.8 Å². The number of hydrogen-bond donors (Lipinski definition) is 0. The highest BCUT2D eigenvalue weighted by molar-refractivity contribution is 7.80. The number of thiocarbonyl (C=S) groups is 1. The molecule has 2 heterocycles. The Morgan fingerprint density at radius 3 is 2.05 bits per heavy atom. The van der Waals surface area contributed by atoms with Crippen LogP contribution in [-0.4, -0.2) is 46.9 Å². The summed E-state index contributed by atoms with van der Waals surface area (Å²) in [5.74, 6) is 0.660. The number of hydrogen-bond acceptors (Lipinski definition) is 6. The van der Waals surface area contributed by atoms with Crippen molar-refractivity contribution in [2.45, 2.75) is 13.0 Å². The molecule has 6 nitrogen and oxygen atoms in total. The Bertz CT molecular complexity index is 1290. The number of ether oxygens (including phenoxy) is 3. The first-order valence-electron chi connectivity index (χ1n) is 11.8. The molecule has 9 heteroatoms. The van der Waals surface area contributed by atoms with E-state index in [1.54, 1.807) is 42.5 Å². The Morgan fingerprint density at radius 2 is 1.49 bits per heavy atom.